The van der Waals surface area contributed by atoms with E-state index >= 15 is 0 Å². The van der Waals surface area contributed by atoms with E-state index in [1.165, 1.54) is 18.5 Å². The van der Waals surface area contributed by atoms with Crippen molar-refractivity contribution in [3.05, 3.63) is 29.8 Å². The highest BCUT2D eigenvalue weighted by Gasteiger charge is 2.29. The number of hydrogen-bond donors (Lipinski definition) is 1. The second-order valence-electron chi connectivity index (χ2n) is 6.22. The lowest BCUT2D eigenvalue weighted by atomic mass is 10.0. The number of likely N-dealkylation sites (N-methyl/N-ethyl adjacent to an activating group) is 1. The van der Waals surface area contributed by atoms with Crippen molar-refractivity contribution in [3.8, 4) is 5.75 Å². The summed E-state index contributed by atoms with van der Waals surface area (Å²) in [5.41, 5.74) is 1.29. The van der Waals surface area contributed by atoms with Crippen LogP contribution < -0.4 is 10.1 Å². The van der Waals surface area contributed by atoms with Gasteiger partial charge >= 0.3 is 0 Å². The molecule has 0 aliphatic carbocycles. The predicted molar refractivity (Wildman–Crippen MR) is 88.8 cm³/mol. The third-order valence-electron chi connectivity index (χ3n) is 4.37. The van der Waals surface area contributed by atoms with Crippen LogP contribution in [0, 0.1) is 5.92 Å². The van der Waals surface area contributed by atoms with Gasteiger partial charge in [-0.05, 0) is 38.8 Å². The topological polar surface area (TPSA) is 24.5 Å². The molecule has 0 radical (unpaired) electrons. The molecule has 1 fully saturated rings. The molecular weight excluding hydrogens is 260 g/mol. The second kappa shape index (κ2) is 7.81. The van der Waals surface area contributed by atoms with Crippen LogP contribution in [0.1, 0.15) is 45.7 Å². The van der Waals surface area contributed by atoms with Gasteiger partial charge in [-0.3, -0.25) is 4.90 Å². The normalized spacial score (nSPS) is 24.2. The molecule has 1 saturated heterocycles. The van der Waals surface area contributed by atoms with Crippen LogP contribution in [0.3, 0.4) is 0 Å². The highest BCUT2D eigenvalue weighted by molar-refractivity contribution is 5.36. The fraction of sp³-hybridized carbons (Fsp3) is 0.667. The molecule has 0 spiro atoms. The number of para-hydroxylation sites is 1. The lowest BCUT2D eigenvalue weighted by molar-refractivity contribution is 0.231. The lowest BCUT2D eigenvalue weighted by Gasteiger charge is -2.29. The minimum atomic E-state index is 0.338. The standard InChI is InChI=1S/C18H30N2O/c1-5-19-17(13-20-12-14(3)11-15(20)4)16-9-7-8-10-18(16)21-6-2/h7-10,14-15,17,19H,5-6,11-13H2,1-4H3. The third kappa shape index (κ3) is 4.21. The molecule has 1 aromatic carbocycles. The zero-order valence-electron chi connectivity index (χ0n) is 13.9. The Balaban J connectivity index is 2.15. The Morgan fingerprint density at radius 3 is 2.67 bits per heavy atom. The van der Waals surface area contributed by atoms with E-state index in [0.29, 0.717) is 18.7 Å². The highest BCUT2D eigenvalue weighted by Crippen LogP contribution is 2.29. The molecule has 21 heavy (non-hydrogen) atoms. The van der Waals surface area contributed by atoms with Gasteiger partial charge in [-0.15, -0.1) is 0 Å². The molecular formula is C18H30N2O. The minimum absolute atomic E-state index is 0.338. The fourth-order valence-corrected chi connectivity index (χ4v) is 3.45. The predicted octanol–water partition coefficient (Wildman–Crippen LogP) is 3.47. The molecule has 0 bridgehead atoms. The van der Waals surface area contributed by atoms with Crippen molar-refractivity contribution >= 4 is 0 Å². The van der Waals surface area contributed by atoms with Crippen LogP contribution in [0.25, 0.3) is 0 Å². The molecule has 1 aliphatic rings. The Kier molecular flexibility index (Phi) is 6.07. The summed E-state index contributed by atoms with van der Waals surface area (Å²) in [6.45, 7) is 12.9. The molecule has 1 aromatic rings. The smallest absolute Gasteiger partial charge is 0.124 e. The van der Waals surface area contributed by atoms with Gasteiger partial charge in [-0.1, -0.05) is 32.0 Å². The van der Waals surface area contributed by atoms with Crippen molar-refractivity contribution < 1.29 is 4.74 Å². The summed E-state index contributed by atoms with van der Waals surface area (Å²) < 4.78 is 5.82. The van der Waals surface area contributed by atoms with Gasteiger partial charge in [-0.25, -0.2) is 0 Å². The van der Waals surface area contributed by atoms with Gasteiger partial charge in [0, 0.05) is 30.7 Å². The maximum atomic E-state index is 5.82. The first-order valence-electron chi connectivity index (χ1n) is 8.34. The number of nitrogens with one attached hydrogen (secondary N) is 1. The van der Waals surface area contributed by atoms with E-state index in [2.05, 4.69) is 55.3 Å². The number of nitrogens with zero attached hydrogens (tertiary/aromatic N) is 1. The second-order valence-corrected chi connectivity index (χ2v) is 6.22. The SMILES string of the molecule is CCNC(CN1CC(C)CC1C)c1ccccc1OCC. The molecule has 1 aliphatic heterocycles. The molecule has 0 amide bonds. The first-order chi connectivity index (χ1) is 10.2. The summed E-state index contributed by atoms with van der Waals surface area (Å²) in [6.07, 6.45) is 1.31. The van der Waals surface area contributed by atoms with E-state index in [0.717, 1.165) is 24.8 Å². The van der Waals surface area contributed by atoms with Crippen LogP contribution in [0.2, 0.25) is 0 Å². The summed E-state index contributed by atoms with van der Waals surface area (Å²) in [4.78, 5) is 2.61. The number of rotatable bonds is 7. The van der Waals surface area contributed by atoms with Crippen molar-refractivity contribution in [3.63, 3.8) is 0 Å². The van der Waals surface area contributed by atoms with E-state index in [-0.39, 0.29) is 0 Å². The van der Waals surface area contributed by atoms with E-state index in [1.54, 1.807) is 0 Å². The molecule has 0 saturated carbocycles. The summed E-state index contributed by atoms with van der Waals surface area (Å²) >= 11 is 0. The zero-order chi connectivity index (χ0) is 15.2. The highest BCUT2D eigenvalue weighted by atomic mass is 16.5. The van der Waals surface area contributed by atoms with Crippen LogP contribution in [0.15, 0.2) is 24.3 Å². The molecule has 3 unspecified atom stereocenters. The molecule has 3 heteroatoms. The first-order valence-corrected chi connectivity index (χ1v) is 8.34. The first kappa shape index (κ1) is 16.3. The average molecular weight is 290 g/mol. The molecule has 2 rings (SSSR count). The Labute approximate surface area is 129 Å². The third-order valence-corrected chi connectivity index (χ3v) is 4.37. The van der Waals surface area contributed by atoms with Gasteiger partial charge in [0.2, 0.25) is 0 Å². The van der Waals surface area contributed by atoms with Crippen molar-refractivity contribution in [2.24, 2.45) is 5.92 Å². The zero-order valence-corrected chi connectivity index (χ0v) is 13.9. The van der Waals surface area contributed by atoms with Crippen molar-refractivity contribution in [1.29, 1.82) is 0 Å². The maximum Gasteiger partial charge on any atom is 0.124 e. The van der Waals surface area contributed by atoms with Crippen LogP contribution in [0.5, 0.6) is 5.75 Å². The lowest BCUT2D eigenvalue weighted by Crippen LogP contribution is -2.37. The van der Waals surface area contributed by atoms with Gasteiger partial charge in [0.15, 0.2) is 0 Å². The van der Waals surface area contributed by atoms with Crippen LogP contribution >= 0.6 is 0 Å². The Morgan fingerprint density at radius 1 is 1.29 bits per heavy atom. The van der Waals surface area contributed by atoms with Crippen molar-refractivity contribution in [2.45, 2.75) is 46.2 Å². The largest absolute Gasteiger partial charge is 0.494 e. The van der Waals surface area contributed by atoms with Gasteiger partial charge in [-0.2, -0.15) is 0 Å². The molecule has 0 aromatic heterocycles. The van der Waals surface area contributed by atoms with Gasteiger partial charge in [0.1, 0.15) is 5.75 Å². The Morgan fingerprint density at radius 2 is 2.05 bits per heavy atom. The number of benzene rings is 1. The summed E-state index contributed by atoms with van der Waals surface area (Å²) in [5.74, 6) is 1.83. The Hall–Kier alpha value is -1.06. The van der Waals surface area contributed by atoms with Gasteiger partial charge < -0.3 is 10.1 Å². The number of likely N-dealkylation sites (tertiary alicyclic amines) is 1. The number of hydrogen-bond acceptors (Lipinski definition) is 3. The summed E-state index contributed by atoms with van der Waals surface area (Å²) in [7, 11) is 0. The van der Waals surface area contributed by atoms with E-state index < -0.39 is 0 Å². The monoisotopic (exact) mass is 290 g/mol. The van der Waals surface area contributed by atoms with Gasteiger partial charge in [0.25, 0.3) is 0 Å². The molecule has 118 valence electrons. The summed E-state index contributed by atoms with van der Waals surface area (Å²) in [5, 5.41) is 3.64. The van der Waals surface area contributed by atoms with E-state index in [4.69, 9.17) is 4.74 Å². The quantitative estimate of drug-likeness (QED) is 0.832. The van der Waals surface area contributed by atoms with Crippen molar-refractivity contribution in [2.75, 3.05) is 26.2 Å². The number of ether oxygens (including phenoxy) is 1. The van der Waals surface area contributed by atoms with Crippen LogP contribution in [0.4, 0.5) is 0 Å². The fourth-order valence-electron chi connectivity index (χ4n) is 3.45. The van der Waals surface area contributed by atoms with Gasteiger partial charge in [0.05, 0.1) is 6.61 Å². The Bertz CT molecular complexity index is 435. The summed E-state index contributed by atoms with van der Waals surface area (Å²) in [6, 6.07) is 9.46. The van der Waals surface area contributed by atoms with Crippen LogP contribution in [-0.2, 0) is 0 Å². The molecule has 1 heterocycles. The average Bonchev–Trinajstić information content (AvgIpc) is 2.77. The van der Waals surface area contributed by atoms with Crippen LogP contribution in [-0.4, -0.2) is 37.2 Å². The molecule has 3 atom stereocenters. The molecule has 3 nitrogen and oxygen atoms in total. The van der Waals surface area contributed by atoms with E-state index in [1.807, 2.05) is 6.92 Å². The van der Waals surface area contributed by atoms with Crippen molar-refractivity contribution in [1.82, 2.24) is 10.2 Å². The van der Waals surface area contributed by atoms with E-state index in [9.17, 15) is 0 Å². The molecule has 1 N–H and O–H groups in total. The maximum absolute atomic E-state index is 5.82. The minimum Gasteiger partial charge on any atom is -0.494 e.